The molecule has 46 heavy (non-hydrogen) atoms. The second-order valence-electron chi connectivity index (χ2n) is 11.5. The van der Waals surface area contributed by atoms with Gasteiger partial charge in [0.15, 0.2) is 0 Å². The maximum absolute atomic E-state index is 3.91. The summed E-state index contributed by atoms with van der Waals surface area (Å²) in [7, 11) is 0. The van der Waals surface area contributed by atoms with Crippen LogP contribution in [0.5, 0.6) is 0 Å². The van der Waals surface area contributed by atoms with Crippen molar-refractivity contribution in [2.45, 2.75) is 6.42 Å². The molecule has 1 aliphatic rings. The van der Waals surface area contributed by atoms with Crippen LogP contribution in [0.15, 0.2) is 189 Å². The summed E-state index contributed by atoms with van der Waals surface area (Å²) >= 11 is 0. The number of rotatable bonds is 7. The van der Waals surface area contributed by atoms with Crippen LogP contribution in [0.2, 0.25) is 0 Å². The average molecular weight is 590 g/mol. The average Bonchev–Trinajstić information content (AvgIpc) is 3.14. The Hall–Kier alpha value is -5.92. The fourth-order valence-corrected chi connectivity index (χ4v) is 6.19. The van der Waals surface area contributed by atoms with Gasteiger partial charge in [-0.1, -0.05) is 158 Å². The van der Waals surface area contributed by atoms with E-state index in [1.807, 2.05) is 6.08 Å². The molecule has 0 fully saturated rings. The van der Waals surface area contributed by atoms with Gasteiger partial charge < -0.3 is 4.90 Å². The minimum absolute atomic E-state index is 0.878. The molecule has 6 aromatic carbocycles. The first-order valence-electron chi connectivity index (χ1n) is 15.8. The molecule has 0 saturated heterocycles. The van der Waals surface area contributed by atoms with Crippen molar-refractivity contribution >= 4 is 34.3 Å². The normalized spacial score (nSPS) is 14.1. The molecule has 6 aromatic rings. The minimum atomic E-state index is 0.878. The van der Waals surface area contributed by atoms with E-state index in [9.17, 15) is 0 Å². The minimum Gasteiger partial charge on any atom is -0.311 e. The Bertz CT molecular complexity index is 2050. The van der Waals surface area contributed by atoms with Gasteiger partial charge in [-0.05, 0) is 92.2 Å². The van der Waals surface area contributed by atoms with Crippen LogP contribution in [-0.4, -0.2) is 0 Å². The molecule has 0 heterocycles. The Labute approximate surface area is 271 Å². The predicted molar refractivity (Wildman–Crippen MR) is 197 cm³/mol. The zero-order chi connectivity index (χ0) is 31.1. The molecule has 1 heteroatoms. The van der Waals surface area contributed by atoms with Crippen molar-refractivity contribution in [3.8, 4) is 22.3 Å². The van der Waals surface area contributed by atoms with Crippen LogP contribution in [0, 0.1) is 0 Å². The highest BCUT2D eigenvalue weighted by molar-refractivity contribution is 5.84. The predicted octanol–water partition coefficient (Wildman–Crippen LogP) is 10.7. The Morgan fingerprint density at radius 1 is 0.478 bits per heavy atom. The smallest absolute Gasteiger partial charge is 0.0462 e. The van der Waals surface area contributed by atoms with Crippen LogP contribution in [0.3, 0.4) is 0 Å². The van der Waals surface area contributed by atoms with E-state index in [1.54, 1.807) is 0 Å². The number of anilines is 3. The molecule has 1 nitrogen and oxygen atoms in total. The third-order valence-electron chi connectivity index (χ3n) is 8.54. The van der Waals surface area contributed by atoms with Crippen LogP contribution in [0.1, 0.15) is 12.0 Å². The van der Waals surface area contributed by atoms with Gasteiger partial charge in [0.05, 0.1) is 0 Å². The van der Waals surface area contributed by atoms with Crippen molar-refractivity contribution in [2.75, 3.05) is 4.90 Å². The summed E-state index contributed by atoms with van der Waals surface area (Å²) < 4.78 is 0. The van der Waals surface area contributed by atoms with Crippen LogP contribution in [-0.2, 0) is 0 Å². The molecule has 0 aromatic heterocycles. The van der Waals surface area contributed by atoms with Crippen molar-refractivity contribution in [2.24, 2.45) is 0 Å². The second kappa shape index (κ2) is 13.4. The molecule has 0 unspecified atom stereocenters. The van der Waals surface area contributed by atoms with Crippen molar-refractivity contribution < 1.29 is 0 Å². The van der Waals surface area contributed by atoms with Gasteiger partial charge in [0.1, 0.15) is 0 Å². The molecule has 0 aliphatic heterocycles. The van der Waals surface area contributed by atoms with E-state index in [1.165, 1.54) is 49.4 Å². The highest BCUT2D eigenvalue weighted by Gasteiger charge is 2.15. The Morgan fingerprint density at radius 2 is 0.935 bits per heavy atom. The van der Waals surface area contributed by atoms with Gasteiger partial charge in [0.25, 0.3) is 0 Å². The molecule has 0 saturated carbocycles. The monoisotopic (exact) mass is 589 g/mol. The van der Waals surface area contributed by atoms with Crippen LogP contribution >= 0.6 is 0 Å². The first-order chi connectivity index (χ1) is 22.8. The van der Waals surface area contributed by atoms with Gasteiger partial charge in [-0.2, -0.15) is 0 Å². The van der Waals surface area contributed by atoms with Gasteiger partial charge in [0, 0.05) is 17.1 Å². The molecular formula is C45H35N. The molecule has 0 spiro atoms. The van der Waals surface area contributed by atoms with Crippen molar-refractivity contribution in [3.63, 3.8) is 0 Å². The molecule has 0 amide bonds. The van der Waals surface area contributed by atoms with Gasteiger partial charge in [-0.3, -0.25) is 0 Å². The third kappa shape index (κ3) is 6.18. The number of nitrogens with zero attached hydrogens (tertiary/aromatic N) is 1. The largest absolute Gasteiger partial charge is 0.311 e. The topological polar surface area (TPSA) is 3.24 Å². The van der Waals surface area contributed by atoms with Gasteiger partial charge in [-0.15, -0.1) is 0 Å². The zero-order valence-electron chi connectivity index (χ0n) is 25.8. The lowest BCUT2D eigenvalue weighted by Gasteiger charge is -2.26. The lowest BCUT2D eigenvalue weighted by Crippen LogP contribution is -2.26. The highest BCUT2D eigenvalue weighted by atomic mass is 15.1. The van der Waals surface area contributed by atoms with Crippen molar-refractivity contribution in [1.82, 2.24) is 0 Å². The van der Waals surface area contributed by atoms with E-state index < -0.39 is 0 Å². The summed E-state index contributed by atoms with van der Waals surface area (Å²) in [5.41, 5.74) is 12.0. The van der Waals surface area contributed by atoms with Crippen LogP contribution < -0.4 is 15.3 Å². The molecule has 0 radical (unpaired) electrons. The lowest BCUT2D eigenvalue weighted by molar-refractivity contribution is 1.28. The summed E-state index contributed by atoms with van der Waals surface area (Å²) in [6, 6.07) is 56.3. The third-order valence-corrected chi connectivity index (χ3v) is 8.54. The van der Waals surface area contributed by atoms with Crippen LogP contribution in [0.4, 0.5) is 17.1 Å². The molecule has 0 atom stereocenters. The van der Waals surface area contributed by atoms with Gasteiger partial charge in [0.2, 0.25) is 0 Å². The Balaban J connectivity index is 1.23. The van der Waals surface area contributed by atoms with E-state index in [4.69, 9.17) is 0 Å². The fourth-order valence-electron chi connectivity index (χ4n) is 6.19. The molecule has 7 rings (SSSR count). The number of hydrogen-bond donors (Lipinski definition) is 0. The van der Waals surface area contributed by atoms with E-state index in [2.05, 4.69) is 194 Å². The molecular weight excluding hydrogens is 555 g/mol. The molecule has 0 N–H and O–H groups in total. The Morgan fingerprint density at radius 3 is 1.46 bits per heavy atom. The van der Waals surface area contributed by atoms with E-state index in [-0.39, 0.29) is 0 Å². The van der Waals surface area contributed by atoms with E-state index >= 15 is 0 Å². The summed E-state index contributed by atoms with van der Waals surface area (Å²) in [6.07, 6.45) is 11.5. The fraction of sp³-hybridized carbons (Fsp3) is 0.0222. The molecule has 1 aliphatic carbocycles. The summed E-state index contributed by atoms with van der Waals surface area (Å²) in [5, 5.41) is 2.45. The van der Waals surface area contributed by atoms with Gasteiger partial charge in [-0.25, -0.2) is 0 Å². The van der Waals surface area contributed by atoms with E-state index in [0.29, 0.717) is 0 Å². The van der Waals surface area contributed by atoms with Crippen LogP contribution in [0.25, 0.3) is 39.5 Å². The highest BCUT2D eigenvalue weighted by Crippen LogP contribution is 2.38. The SMILES string of the molecule is C=C/C=c1/cccc/c1=C1\C=CC=C(c2ccc(N(c3ccc(-c4ccccc4)cc3)c3ccc(-c4ccccc4)cc3)cc2)C1. The molecule has 220 valence electrons. The number of benzene rings is 6. The lowest BCUT2D eigenvalue weighted by atomic mass is 9.92. The standard InChI is InChI=1S/C45H35N/c1-2-12-39-17-9-10-20-45(39)41-19-11-18-40(33-41)38-25-31-44(32-26-38)46(42-27-21-36(22-28-42)34-13-5-3-6-14-34)43-29-23-37(24-30-43)35-15-7-4-8-16-35/h2-32H,1,33H2/b39-12-,45-41-. The van der Waals surface area contributed by atoms with Crippen molar-refractivity contribution in [1.29, 1.82) is 0 Å². The summed E-state index contributed by atoms with van der Waals surface area (Å²) in [4.78, 5) is 2.33. The Kier molecular flexibility index (Phi) is 8.39. The summed E-state index contributed by atoms with van der Waals surface area (Å²) in [5.74, 6) is 0. The first kappa shape index (κ1) is 28.8. The maximum atomic E-state index is 3.91. The zero-order valence-corrected chi connectivity index (χ0v) is 25.8. The number of hydrogen-bond acceptors (Lipinski definition) is 1. The first-order valence-corrected chi connectivity index (χ1v) is 15.8. The van der Waals surface area contributed by atoms with Crippen molar-refractivity contribution in [3.05, 3.63) is 205 Å². The quantitative estimate of drug-likeness (QED) is 0.179. The van der Waals surface area contributed by atoms with E-state index in [0.717, 1.165) is 23.5 Å². The number of allylic oxidation sites excluding steroid dienone is 5. The molecule has 0 bridgehead atoms. The second-order valence-corrected chi connectivity index (χ2v) is 11.5. The van der Waals surface area contributed by atoms with Gasteiger partial charge >= 0.3 is 0 Å². The summed E-state index contributed by atoms with van der Waals surface area (Å²) in [6.45, 7) is 3.91. The maximum Gasteiger partial charge on any atom is 0.0462 e.